The largest absolute Gasteiger partial charge is 0.492 e. The van der Waals surface area contributed by atoms with E-state index in [0.717, 1.165) is 44.9 Å². The lowest BCUT2D eigenvalue weighted by atomic mass is 10.1. The molecule has 8 heteroatoms. The van der Waals surface area contributed by atoms with Gasteiger partial charge >= 0.3 is 0 Å². The van der Waals surface area contributed by atoms with Crippen LogP contribution in [0.25, 0.3) is 27.8 Å². The van der Waals surface area contributed by atoms with E-state index in [9.17, 15) is 0 Å². The molecule has 0 saturated carbocycles. The fourth-order valence-electron chi connectivity index (χ4n) is 4.14. The van der Waals surface area contributed by atoms with Crippen LogP contribution in [0, 0.1) is 0 Å². The van der Waals surface area contributed by atoms with Gasteiger partial charge in [0.15, 0.2) is 5.65 Å². The Morgan fingerprint density at radius 1 is 0.865 bits per heavy atom. The molecule has 2 heterocycles. The van der Waals surface area contributed by atoms with Crippen LogP contribution in [0.15, 0.2) is 91.4 Å². The number of hydrogen-bond donors (Lipinski definition) is 3. The van der Waals surface area contributed by atoms with Crippen LogP contribution in [0.2, 0.25) is 0 Å². The summed E-state index contributed by atoms with van der Waals surface area (Å²) in [5, 5.41) is 12.7. The highest BCUT2D eigenvalue weighted by atomic mass is 16.5. The summed E-state index contributed by atoms with van der Waals surface area (Å²) in [5.74, 6) is 1.96. The molecule has 0 amide bonds. The summed E-state index contributed by atoms with van der Waals surface area (Å²) in [6.45, 7) is 2.34. The number of anilines is 1. The summed E-state index contributed by atoms with van der Waals surface area (Å²) in [6, 6.07) is 25.9. The number of nitrogen functional groups attached to an aromatic ring is 1. The van der Waals surface area contributed by atoms with Crippen LogP contribution in [-0.4, -0.2) is 45.9 Å². The minimum absolute atomic E-state index is 0.112. The molecule has 5 aromatic rings. The van der Waals surface area contributed by atoms with Gasteiger partial charge in [-0.2, -0.15) is 0 Å². The average Bonchev–Trinajstić information content (AvgIpc) is 3.34. The van der Waals surface area contributed by atoms with Crippen LogP contribution >= 0.6 is 0 Å². The van der Waals surface area contributed by atoms with Crippen molar-refractivity contribution in [3.63, 3.8) is 0 Å². The highest BCUT2D eigenvalue weighted by Gasteiger charge is 2.16. The van der Waals surface area contributed by atoms with Gasteiger partial charge in [0.2, 0.25) is 0 Å². The summed E-state index contributed by atoms with van der Waals surface area (Å²) in [7, 11) is 0. The number of rotatable bonds is 11. The molecular formula is C29H29N5O3. The van der Waals surface area contributed by atoms with Crippen molar-refractivity contribution in [2.75, 3.05) is 32.0 Å². The molecule has 0 fully saturated rings. The van der Waals surface area contributed by atoms with Gasteiger partial charge in [-0.15, -0.1) is 0 Å². The summed E-state index contributed by atoms with van der Waals surface area (Å²) in [4.78, 5) is 8.79. The first kappa shape index (κ1) is 24.3. The molecule has 37 heavy (non-hydrogen) atoms. The minimum Gasteiger partial charge on any atom is -0.492 e. The molecule has 0 aliphatic carbocycles. The number of nitrogens with two attached hydrogens (primary N) is 1. The Hall–Kier alpha value is -4.40. The van der Waals surface area contributed by atoms with Crippen molar-refractivity contribution in [3.8, 4) is 28.3 Å². The van der Waals surface area contributed by atoms with Crippen molar-refractivity contribution >= 4 is 16.9 Å². The molecule has 3 aromatic carbocycles. The van der Waals surface area contributed by atoms with E-state index in [4.69, 9.17) is 20.3 Å². The fourth-order valence-corrected chi connectivity index (χ4v) is 4.14. The smallest absolute Gasteiger partial charge is 0.150 e. The van der Waals surface area contributed by atoms with Crippen LogP contribution in [0.1, 0.15) is 5.56 Å². The molecule has 0 unspecified atom stereocenters. The molecule has 0 aliphatic rings. The lowest BCUT2D eigenvalue weighted by molar-refractivity contribution is 0.276. The molecule has 4 N–H and O–H groups in total. The first-order valence-electron chi connectivity index (χ1n) is 12.2. The number of nitrogens with zero attached hydrogens (tertiary/aromatic N) is 3. The highest BCUT2D eigenvalue weighted by Crippen LogP contribution is 2.35. The van der Waals surface area contributed by atoms with Gasteiger partial charge in [-0.3, -0.25) is 0 Å². The SMILES string of the molecule is Nc1ncnc2c1c(-c1cccc(OCc3ccccc3)c1)cn2-c1ccc(OCCNCCO)cc1. The van der Waals surface area contributed by atoms with E-state index >= 15 is 0 Å². The van der Waals surface area contributed by atoms with E-state index in [1.165, 1.54) is 6.33 Å². The predicted molar refractivity (Wildman–Crippen MR) is 145 cm³/mol. The number of nitrogens with one attached hydrogen (secondary N) is 1. The molecule has 0 radical (unpaired) electrons. The van der Waals surface area contributed by atoms with Crippen molar-refractivity contribution < 1.29 is 14.6 Å². The Labute approximate surface area is 215 Å². The first-order chi connectivity index (χ1) is 18.2. The van der Waals surface area contributed by atoms with E-state index in [2.05, 4.69) is 15.3 Å². The van der Waals surface area contributed by atoms with Crippen molar-refractivity contribution in [1.82, 2.24) is 19.9 Å². The number of aliphatic hydroxyl groups excluding tert-OH is 1. The van der Waals surface area contributed by atoms with Gasteiger partial charge in [0.1, 0.15) is 36.9 Å². The number of hydrogen-bond acceptors (Lipinski definition) is 7. The van der Waals surface area contributed by atoms with E-state index in [1.807, 2.05) is 89.6 Å². The van der Waals surface area contributed by atoms with Crippen LogP contribution in [0.5, 0.6) is 11.5 Å². The number of fused-ring (bicyclic) bond motifs is 1. The fraction of sp³-hybridized carbons (Fsp3) is 0.172. The second-order valence-electron chi connectivity index (χ2n) is 8.49. The zero-order valence-corrected chi connectivity index (χ0v) is 20.4. The zero-order valence-electron chi connectivity index (χ0n) is 20.4. The maximum atomic E-state index is 8.84. The van der Waals surface area contributed by atoms with E-state index in [-0.39, 0.29) is 6.61 Å². The predicted octanol–water partition coefficient (Wildman–Crippen LogP) is 4.21. The van der Waals surface area contributed by atoms with Crippen molar-refractivity contribution in [3.05, 3.63) is 97.0 Å². The van der Waals surface area contributed by atoms with Gasteiger partial charge < -0.3 is 30.2 Å². The lowest BCUT2D eigenvalue weighted by Crippen LogP contribution is -2.23. The Kier molecular flexibility index (Phi) is 7.59. The molecule has 188 valence electrons. The molecular weight excluding hydrogens is 466 g/mol. The second kappa shape index (κ2) is 11.6. The lowest BCUT2D eigenvalue weighted by Gasteiger charge is -2.09. The zero-order chi connectivity index (χ0) is 25.5. The van der Waals surface area contributed by atoms with E-state index in [1.54, 1.807) is 0 Å². The second-order valence-corrected chi connectivity index (χ2v) is 8.49. The highest BCUT2D eigenvalue weighted by molar-refractivity contribution is 6.01. The van der Waals surface area contributed by atoms with Crippen molar-refractivity contribution in [2.45, 2.75) is 6.61 Å². The Morgan fingerprint density at radius 3 is 2.51 bits per heavy atom. The summed E-state index contributed by atoms with van der Waals surface area (Å²) >= 11 is 0. The quantitative estimate of drug-likeness (QED) is 0.236. The maximum Gasteiger partial charge on any atom is 0.150 e. The molecule has 0 atom stereocenters. The van der Waals surface area contributed by atoms with Crippen LogP contribution in [0.4, 0.5) is 5.82 Å². The third-order valence-electron chi connectivity index (χ3n) is 5.96. The normalized spacial score (nSPS) is 11.1. The molecule has 8 nitrogen and oxygen atoms in total. The molecule has 0 spiro atoms. The summed E-state index contributed by atoms with van der Waals surface area (Å²) in [6.07, 6.45) is 3.51. The van der Waals surface area contributed by atoms with Gasteiger partial charge in [0.05, 0.1) is 12.0 Å². The molecule has 5 rings (SSSR count). The van der Waals surface area contributed by atoms with Crippen LogP contribution < -0.4 is 20.5 Å². The van der Waals surface area contributed by atoms with Gasteiger partial charge in [-0.05, 0) is 47.5 Å². The van der Waals surface area contributed by atoms with Crippen LogP contribution in [-0.2, 0) is 6.61 Å². The standard InChI is InChI=1S/C29H29N5O3/c30-28-27-26(22-7-4-8-25(17-22)37-19-21-5-2-1-3-6-21)18-34(29(27)33-20-32-28)23-9-11-24(12-10-23)36-16-14-31-13-15-35/h1-12,17-18,20,31,35H,13-16,19H2,(H2,30,32,33). The minimum atomic E-state index is 0.112. The summed E-state index contributed by atoms with van der Waals surface area (Å²) in [5.41, 5.74) is 11.0. The van der Waals surface area contributed by atoms with Gasteiger partial charge in [-0.25, -0.2) is 9.97 Å². The Balaban J connectivity index is 1.41. The van der Waals surface area contributed by atoms with E-state index in [0.29, 0.717) is 32.1 Å². The molecule has 2 aromatic heterocycles. The monoisotopic (exact) mass is 495 g/mol. The van der Waals surface area contributed by atoms with Gasteiger partial charge in [0.25, 0.3) is 0 Å². The Bertz CT molecular complexity index is 1450. The molecule has 0 aliphatic heterocycles. The Morgan fingerprint density at radius 2 is 1.70 bits per heavy atom. The topological polar surface area (TPSA) is 107 Å². The number of aromatic nitrogens is 3. The van der Waals surface area contributed by atoms with Gasteiger partial charge in [-0.1, -0.05) is 42.5 Å². The number of benzene rings is 3. The van der Waals surface area contributed by atoms with Crippen molar-refractivity contribution in [2.24, 2.45) is 0 Å². The number of ether oxygens (including phenoxy) is 2. The molecule has 0 bridgehead atoms. The van der Waals surface area contributed by atoms with Crippen LogP contribution in [0.3, 0.4) is 0 Å². The third-order valence-corrected chi connectivity index (χ3v) is 5.96. The average molecular weight is 496 g/mol. The van der Waals surface area contributed by atoms with Gasteiger partial charge in [0, 0.05) is 30.5 Å². The molecule has 0 saturated heterocycles. The van der Waals surface area contributed by atoms with E-state index < -0.39 is 0 Å². The third kappa shape index (κ3) is 5.72. The number of aliphatic hydroxyl groups is 1. The summed E-state index contributed by atoms with van der Waals surface area (Å²) < 4.78 is 13.8. The van der Waals surface area contributed by atoms with Crippen molar-refractivity contribution in [1.29, 1.82) is 0 Å². The maximum absolute atomic E-state index is 8.84. The first-order valence-corrected chi connectivity index (χ1v) is 12.2.